The third-order valence-electron chi connectivity index (χ3n) is 5.00. The maximum Gasteiger partial charge on any atom is 0.261 e. The van der Waals surface area contributed by atoms with Crippen LogP contribution in [-0.4, -0.2) is 35.9 Å². The molecule has 2 aromatic carbocycles. The molecule has 0 unspecified atom stereocenters. The minimum atomic E-state index is -0.733. The predicted octanol–water partition coefficient (Wildman–Crippen LogP) is 5.89. The Labute approximate surface area is 208 Å². The average molecular weight is 544 g/mol. The van der Waals surface area contributed by atoms with Crippen molar-refractivity contribution >= 4 is 50.9 Å². The average Bonchev–Trinajstić information content (AvgIpc) is 2.75. The van der Waals surface area contributed by atoms with Crippen molar-refractivity contribution in [1.29, 1.82) is 0 Å². The van der Waals surface area contributed by atoms with E-state index in [0.29, 0.717) is 33.8 Å². The third kappa shape index (κ3) is 7.39. The van der Waals surface area contributed by atoms with Crippen molar-refractivity contribution in [2.45, 2.75) is 46.7 Å². The van der Waals surface area contributed by atoms with Crippen LogP contribution in [0.25, 0.3) is 0 Å². The number of nitrogens with zero attached hydrogens (tertiary/aromatic N) is 1. The molecule has 0 spiro atoms. The molecule has 0 aliphatic carbocycles. The first kappa shape index (κ1) is 26.5. The van der Waals surface area contributed by atoms with E-state index in [9.17, 15) is 9.59 Å². The minimum absolute atomic E-state index is 0.0902. The molecule has 2 rings (SSSR count). The monoisotopic (exact) mass is 542 g/mol. The summed E-state index contributed by atoms with van der Waals surface area (Å²) in [5, 5.41) is 3.75. The van der Waals surface area contributed by atoms with Crippen LogP contribution in [0.4, 0.5) is 0 Å². The Hall–Kier alpha value is -1.76. The molecule has 32 heavy (non-hydrogen) atoms. The number of halogens is 3. The van der Waals surface area contributed by atoms with Gasteiger partial charge in [0.15, 0.2) is 6.61 Å². The second-order valence-corrected chi connectivity index (χ2v) is 9.61. The summed E-state index contributed by atoms with van der Waals surface area (Å²) in [5.41, 5.74) is 1.74. The first-order valence-electron chi connectivity index (χ1n) is 10.5. The Kier molecular flexibility index (Phi) is 10.3. The number of hydrogen-bond donors (Lipinski definition) is 1. The van der Waals surface area contributed by atoms with Gasteiger partial charge in [0.1, 0.15) is 11.8 Å². The van der Waals surface area contributed by atoms with Crippen LogP contribution in [0.2, 0.25) is 10.0 Å². The fraction of sp³-hybridized carbons (Fsp3) is 0.417. The van der Waals surface area contributed by atoms with Crippen LogP contribution in [0.15, 0.2) is 40.9 Å². The zero-order valence-electron chi connectivity index (χ0n) is 18.8. The predicted molar refractivity (Wildman–Crippen MR) is 133 cm³/mol. The molecule has 0 aliphatic heterocycles. The van der Waals surface area contributed by atoms with Crippen LogP contribution in [0.3, 0.4) is 0 Å². The largest absolute Gasteiger partial charge is 0.483 e. The molecule has 0 radical (unpaired) electrons. The number of nitrogens with one attached hydrogen (secondary N) is 1. The van der Waals surface area contributed by atoms with Gasteiger partial charge in [-0.2, -0.15) is 0 Å². The van der Waals surface area contributed by atoms with E-state index in [1.807, 2.05) is 32.0 Å². The van der Waals surface area contributed by atoms with Crippen LogP contribution < -0.4 is 10.1 Å². The lowest BCUT2D eigenvalue weighted by Gasteiger charge is -2.29. The van der Waals surface area contributed by atoms with Gasteiger partial charge in [0.2, 0.25) is 5.91 Å². The van der Waals surface area contributed by atoms with E-state index in [2.05, 4.69) is 28.2 Å². The maximum atomic E-state index is 13.2. The topological polar surface area (TPSA) is 58.6 Å². The lowest BCUT2D eigenvalue weighted by atomic mass is 10.1. The molecule has 1 N–H and O–H groups in total. The molecule has 0 aromatic heterocycles. The quantitative estimate of drug-likeness (QED) is 0.406. The molecule has 2 aromatic rings. The molecule has 5 nitrogen and oxygen atoms in total. The SMILES string of the molecule is CCc1ccc(OCC(=O)N(Cc2c(Cl)cccc2Cl)[C@H](C)C(=O)NCC(C)C)c(Br)c1. The Morgan fingerprint density at radius 1 is 1.12 bits per heavy atom. The van der Waals surface area contributed by atoms with Crippen LogP contribution in [-0.2, 0) is 22.6 Å². The Balaban J connectivity index is 2.22. The first-order chi connectivity index (χ1) is 15.1. The molecule has 0 saturated heterocycles. The van der Waals surface area contributed by atoms with E-state index in [1.54, 1.807) is 25.1 Å². The fourth-order valence-electron chi connectivity index (χ4n) is 2.99. The molecular formula is C24H29BrCl2N2O3. The van der Waals surface area contributed by atoms with Crippen molar-refractivity contribution in [2.24, 2.45) is 5.92 Å². The number of aryl methyl sites for hydroxylation is 1. The van der Waals surface area contributed by atoms with Gasteiger partial charge in [0.05, 0.1) is 4.47 Å². The van der Waals surface area contributed by atoms with Gasteiger partial charge in [0.25, 0.3) is 5.91 Å². The number of benzene rings is 2. The Morgan fingerprint density at radius 3 is 2.34 bits per heavy atom. The van der Waals surface area contributed by atoms with Gasteiger partial charge in [-0.1, -0.05) is 56.1 Å². The summed E-state index contributed by atoms with van der Waals surface area (Å²) >= 11 is 16.1. The summed E-state index contributed by atoms with van der Waals surface area (Å²) < 4.78 is 6.54. The summed E-state index contributed by atoms with van der Waals surface area (Å²) in [6, 6.07) is 10.2. The van der Waals surface area contributed by atoms with Crippen molar-refractivity contribution in [3.8, 4) is 5.75 Å². The van der Waals surface area contributed by atoms with Crippen LogP contribution in [0.1, 0.15) is 38.8 Å². The van der Waals surface area contributed by atoms with E-state index in [1.165, 1.54) is 4.90 Å². The van der Waals surface area contributed by atoms with Gasteiger partial charge in [0, 0.05) is 28.7 Å². The van der Waals surface area contributed by atoms with Gasteiger partial charge in [-0.15, -0.1) is 0 Å². The molecular weight excluding hydrogens is 515 g/mol. The van der Waals surface area contributed by atoms with Crippen LogP contribution in [0, 0.1) is 5.92 Å². The third-order valence-corrected chi connectivity index (χ3v) is 6.33. The van der Waals surface area contributed by atoms with Crippen molar-refractivity contribution in [3.63, 3.8) is 0 Å². The van der Waals surface area contributed by atoms with Gasteiger partial charge in [-0.25, -0.2) is 0 Å². The van der Waals surface area contributed by atoms with E-state index in [0.717, 1.165) is 16.5 Å². The molecule has 2 amide bonds. The molecule has 0 fully saturated rings. The van der Waals surface area contributed by atoms with Gasteiger partial charge in [-0.05, 0) is 65.0 Å². The molecule has 8 heteroatoms. The zero-order chi connectivity index (χ0) is 23.8. The highest BCUT2D eigenvalue weighted by molar-refractivity contribution is 9.10. The smallest absolute Gasteiger partial charge is 0.261 e. The van der Waals surface area contributed by atoms with Crippen molar-refractivity contribution in [3.05, 3.63) is 62.0 Å². The number of carbonyl (C=O) groups is 2. The van der Waals surface area contributed by atoms with Gasteiger partial charge in [-0.3, -0.25) is 9.59 Å². The highest BCUT2D eigenvalue weighted by Crippen LogP contribution is 2.28. The maximum absolute atomic E-state index is 13.2. The Morgan fingerprint density at radius 2 is 1.78 bits per heavy atom. The summed E-state index contributed by atoms with van der Waals surface area (Å²) in [6.45, 7) is 8.14. The van der Waals surface area contributed by atoms with E-state index >= 15 is 0 Å². The highest BCUT2D eigenvalue weighted by atomic mass is 79.9. The minimum Gasteiger partial charge on any atom is -0.483 e. The van der Waals surface area contributed by atoms with Crippen LogP contribution >= 0.6 is 39.1 Å². The molecule has 1 atom stereocenters. The van der Waals surface area contributed by atoms with Crippen molar-refractivity contribution in [2.75, 3.05) is 13.2 Å². The summed E-state index contributed by atoms with van der Waals surface area (Å²) in [4.78, 5) is 27.4. The second kappa shape index (κ2) is 12.5. The molecule has 0 saturated carbocycles. The molecule has 0 heterocycles. The number of hydrogen-bond acceptors (Lipinski definition) is 3. The summed E-state index contributed by atoms with van der Waals surface area (Å²) in [5.74, 6) is 0.256. The van der Waals surface area contributed by atoms with Gasteiger partial charge < -0.3 is 15.0 Å². The number of carbonyl (C=O) groups excluding carboxylic acids is 2. The molecule has 0 bridgehead atoms. The number of ether oxygens (including phenoxy) is 1. The first-order valence-corrected chi connectivity index (χ1v) is 12.1. The van der Waals surface area contributed by atoms with E-state index in [4.69, 9.17) is 27.9 Å². The standard InChI is InChI=1S/C24H29BrCl2N2O3/c1-5-17-9-10-22(19(25)11-17)32-14-23(30)29(16(4)24(31)28-12-15(2)3)13-18-20(26)7-6-8-21(18)27/h6-11,15-16H,5,12-14H2,1-4H3,(H,28,31)/t16-/m1/s1. The van der Waals surface area contributed by atoms with E-state index < -0.39 is 6.04 Å². The van der Waals surface area contributed by atoms with Gasteiger partial charge >= 0.3 is 0 Å². The van der Waals surface area contributed by atoms with E-state index in [-0.39, 0.29) is 25.0 Å². The zero-order valence-corrected chi connectivity index (χ0v) is 21.9. The lowest BCUT2D eigenvalue weighted by molar-refractivity contribution is -0.142. The summed E-state index contributed by atoms with van der Waals surface area (Å²) in [7, 11) is 0. The second-order valence-electron chi connectivity index (χ2n) is 7.94. The normalized spacial score (nSPS) is 11.9. The van der Waals surface area contributed by atoms with Crippen molar-refractivity contribution in [1.82, 2.24) is 10.2 Å². The number of rotatable bonds is 10. The lowest BCUT2D eigenvalue weighted by Crippen LogP contribution is -2.49. The summed E-state index contributed by atoms with van der Waals surface area (Å²) in [6.07, 6.45) is 0.896. The van der Waals surface area contributed by atoms with Crippen LogP contribution in [0.5, 0.6) is 5.75 Å². The number of amides is 2. The molecule has 0 aliphatic rings. The fourth-order valence-corrected chi connectivity index (χ4v) is 4.05. The Bertz CT molecular complexity index is 933. The molecule has 174 valence electrons. The van der Waals surface area contributed by atoms with Crippen molar-refractivity contribution < 1.29 is 14.3 Å². The highest BCUT2D eigenvalue weighted by Gasteiger charge is 2.28.